The molecule has 0 atom stereocenters. The van der Waals surface area contributed by atoms with Crippen LogP contribution in [0, 0.1) is 0 Å². The summed E-state index contributed by atoms with van der Waals surface area (Å²) in [5.74, 6) is 0.933. The fourth-order valence-electron chi connectivity index (χ4n) is 1.11. The van der Waals surface area contributed by atoms with Crippen LogP contribution in [-0.2, 0) is 17.6 Å². The second kappa shape index (κ2) is 5.76. The minimum Gasteiger partial charge on any atom is -0.372 e. The fraction of sp³-hybridized carbons (Fsp3) is 0.667. The van der Waals surface area contributed by atoms with Gasteiger partial charge in [-0.05, 0) is 0 Å². The molecule has 0 aliphatic rings. The molecule has 0 bridgehead atoms. The van der Waals surface area contributed by atoms with Crippen LogP contribution in [-0.4, -0.2) is 34.3 Å². The Balaban J connectivity index is 2.44. The number of hydrogen-bond acceptors (Lipinski definition) is 5. The predicted octanol–water partition coefficient (Wildman–Crippen LogP) is 1.14. The van der Waals surface area contributed by atoms with Crippen LogP contribution in [0.15, 0.2) is 0 Å². The van der Waals surface area contributed by atoms with Crippen molar-refractivity contribution in [2.45, 2.75) is 25.9 Å². The van der Waals surface area contributed by atoms with E-state index in [0.717, 1.165) is 0 Å². The minimum atomic E-state index is -4.31. The Morgan fingerprint density at radius 1 is 1.18 bits per heavy atom. The van der Waals surface area contributed by atoms with Crippen LogP contribution >= 0.6 is 0 Å². The topological polar surface area (TPSA) is 73.9 Å². The summed E-state index contributed by atoms with van der Waals surface area (Å²) >= 11 is 0. The van der Waals surface area contributed by atoms with Gasteiger partial charge >= 0.3 is 6.18 Å². The van der Waals surface area contributed by atoms with Crippen LogP contribution in [0.4, 0.5) is 19.1 Å². The monoisotopic (exact) mass is 250 g/mol. The summed E-state index contributed by atoms with van der Waals surface area (Å²) in [5.41, 5.74) is 5.43. The summed E-state index contributed by atoms with van der Waals surface area (Å²) in [5, 5.41) is 0. The molecule has 1 heterocycles. The van der Waals surface area contributed by atoms with Gasteiger partial charge in [-0.2, -0.15) is 23.1 Å². The van der Waals surface area contributed by atoms with Gasteiger partial charge in [0.1, 0.15) is 18.3 Å². The van der Waals surface area contributed by atoms with Crippen LogP contribution in [0.3, 0.4) is 0 Å². The largest absolute Gasteiger partial charge is 0.411 e. The van der Waals surface area contributed by atoms with Crippen molar-refractivity contribution < 1.29 is 17.9 Å². The van der Waals surface area contributed by atoms with E-state index in [1.807, 2.05) is 6.92 Å². The Morgan fingerprint density at radius 3 is 2.41 bits per heavy atom. The van der Waals surface area contributed by atoms with Gasteiger partial charge in [-0.15, -0.1) is 0 Å². The molecule has 0 aromatic carbocycles. The first kappa shape index (κ1) is 13.6. The molecule has 96 valence electrons. The van der Waals surface area contributed by atoms with E-state index in [-0.39, 0.29) is 19.0 Å². The lowest BCUT2D eigenvalue weighted by molar-refractivity contribution is -0.173. The van der Waals surface area contributed by atoms with E-state index in [1.54, 1.807) is 0 Å². The van der Waals surface area contributed by atoms with Gasteiger partial charge < -0.3 is 10.5 Å². The normalized spacial score (nSPS) is 11.8. The first-order valence-corrected chi connectivity index (χ1v) is 5.04. The lowest BCUT2D eigenvalue weighted by Gasteiger charge is -2.07. The van der Waals surface area contributed by atoms with Crippen molar-refractivity contribution in [2.75, 3.05) is 18.9 Å². The Labute approximate surface area is 96.2 Å². The Hall–Kier alpha value is -1.44. The maximum Gasteiger partial charge on any atom is 0.411 e. The molecule has 8 heteroatoms. The second-order valence-corrected chi connectivity index (χ2v) is 3.30. The van der Waals surface area contributed by atoms with E-state index in [4.69, 9.17) is 5.73 Å². The molecular formula is C9H13F3N4O. The number of alkyl halides is 3. The lowest BCUT2D eigenvalue weighted by Crippen LogP contribution is -2.18. The molecule has 0 unspecified atom stereocenters. The molecule has 0 spiro atoms. The number of aromatic nitrogens is 3. The molecule has 0 aliphatic carbocycles. The Morgan fingerprint density at radius 2 is 1.82 bits per heavy atom. The summed E-state index contributed by atoms with van der Waals surface area (Å²) in [6, 6.07) is 0. The van der Waals surface area contributed by atoms with E-state index in [9.17, 15) is 13.2 Å². The first-order chi connectivity index (χ1) is 7.90. The third-order valence-electron chi connectivity index (χ3n) is 1.80. The highest BCUT2D eigenvalue weighted by molar-refractivity contribution is 5.15. The van der Waals surface area contributed by atoms with E-state index in [2.05, 4.69) is 19.7 Å². The number of halogens is 3. The van der Waals surface area contributed by atoms with E-state index < -0.39 is 12.8 Å². The van der Waals surface area contributed by atoms with Crippen molar-refractivity contribution in [1.29, 1.82) is 0 Å². The number of hydrogen-bond donors (Lipinski definition) is 1. The van der Waals surface area contributed by atoms with Gasteiger partial charge in [0.15, 0.2) is 0 Å². The third kappa shape index (κ3) is 5.43. The zero-order valence-electron chi connectivity index (χ0n) is 9.29. The molecule has 0 aliphatic heterocycles. The number of nitrogens with two attached hydrogens (primary N) is 1. The van der Waals surface area contributed by atoms with Crippen LogP contribution in [0.1, 0.15) is 18.6 Å². The second-order valence-electron chi connectivity index (χ2n) is 3.30. The first-order valence-electron chi connectivity index (χ1n) is 5.04. The lowest BCUT2D eigenvalue weighted by atomic mass is 10.4. The van der Waals surface area contributed by atoms with Crippen molar-refractivity contribution in [3.63, 3.8) is 0 Å². The predicted molar refractivity (Wildman–Crippen MR) is 54.2 cm³/mol. The summed E-state index contributed by atoms with van der Waals surface area (Å²) < 4.78 is 39.8. The van der Waals surface area contributed by atoms with Crippen molar-refractivity contribution in [2.24, 2.45) is 0 Å². The maximum absolute atomic E-state index is 11.8. The highest BCUT2D eigenvalue weighted by Crippen LogP contribution is 2.14. The van der Waals surface area contributed by atoms with Gasteiger partial charge in [-0.3, -0.25) is 0 Å². The van der Waals surface area contributed by atoms with Gasteiger partial charge in [0.2, 0.25) is 5.95 Å². The van der Waals surface area contributed by atoms with Crippen LogP contribution in [0.5, 0.6) is 0 Å². The number of anilines is 1. The van der Waals surface area contributed by atoms with Crippen molar-refractivity contribution >= 4 is 5.95 Å². The van der Waals surface area contributed by atoms with Crippen molar-refractivity contribution in [1.82, 2.24) is 15.0 Å². The van der Waals surface area contributed by atoms with Crippen molar-refractivity contribution in [3.05, 3.63) is 11.6 Å². The molecule has 5 nitrogen and oxygen atoms in total. The molecular weight excluding hydrogens is 237 g/mol. The molecule has 0 saturated carbocycles. The Kier molecular flexibility index (Phi) is 4.62. The van der Waals surface area contributed by atoms with Gasteiger partial charge in [0.05, 0.1) is 6.61 Å². The molecule has 0 radical (unpaired) electrons. The van der Waals surface area contributed by atoms with Gasteiger partial charge in [0, 0.05) is 12.8 Å². The zero-order chi connectivity index (χ0) is 12.9. The molecule has 1 aromatic rings. The SMILES string of the molecule is CCc1nc(N)nc(CCOCC(F)(F)F)n1. The average molecular weight is 250 g/mol. The van der Waals surface area contributed by atoms with Crippen molar-refractivity contribution in [3.8, 4) is 0 Å². The quantitative estimate of drug-likeness (QED) is 0.793. The van der Waals surface area contributed by atoms with E-state index in [0.29, 0.717) is 18.1 Å². The molecule has 0 saturated heterocycles. The summed E-state index contributed by atoms with van der Waals surface area (Å²) in [7, 11) is 0. The number of rotatable bonds is 5. The summed E-state index contributed by atoms with van der Waals surface area (Å²) in [6.07, 6.45) is -3.55. The smallest absolute Gasteiger partial charge is 0.372 e. The van der Waals surface area contributed by atoms with E-state index >= 15 is 0 Å². The Bertz CT molecular complexity index is 370. The number of nitrogen functional groups attached to an aromatic ring is 1. The molecule has 1 rings (SSSR count). The maximum atomic E-state index is 11.8. The van der Waals surface area contributed by atoms with Gasteiger partial charge in [-0.1, -0.05) is 6.92 Å². The van der Waals surface area contributed by atoms with Gasteiger partial charge in [0.25, 0.3) is 0 Å². The molecule has 0 fully saturated rings. The van der Waals surface area contributed by atoms with Gasteiger partial charge in [-0.25, -0.2) is 4.98 Å². The number of ether oxygens (including phenoxy) is 1. The minimum absolute atomic E-state index is 0.0719. The highest BCUT2D eigenvalue weighted by atomic mass is 19.4. The molecule has 1 aromatic heterocycles. The summed E-state index contributed by atoms with van der Waals surface area (Å²) in [4.78, 5) is 11.7. The van der Waals surface area contributed by atoms with E-state index in [1.165, 1.54) is 0 Å². The molecule has 2 N–H and O–H groups in total. The standard InChI is InChI=1S/C9H13F3N4O/c1-2-6-14-7(16-8(13)15-6)3-4-17-5-9(10,11)12/h2-5H2,1H3,(H2,13,14,15,16). The molecule has 17 heavy (non-hydrogen) atoms. The third-order valence-corrected chi connectivity index (χ3v) is 1.80. The zero-order valence-corrected chi connectivity index (χ0v) is 9.29. The highest BCUT2D eigenvalue weighted by Gasteiger charge is 2.27. The van der Waals surface area contributed by atoms with Crippen LogP contribution in [0.25, 0.3) is 0 Å². The average Bonchev–Trinajstić information content (AvgIpc) is 2.22. The number of nitrogens with zero attached hydrogens (tertiary/aromatic N) is 3. The molecule has 0 amide bonds. The fourth-order valence-corrected chi connectivity index (χ4v) is 1.11. The number of aryl methyl sites for hydroxylation is 1. The summed E-state index contributed by atoms with van der Waals surface area (Å²) in [6.45, 7) is 0.471. The van der Waals surface area contributed by atoms with Crippen LogP contribution in [0.2, 0.25) is 0 Å². The van der Waals surface area contributed by atoms with Crippen LogP contribution < -0.4 is 5.73 Å².